The predicted octanol–water partition coefficient (Wildman–Crippen LogP) is -1.64. The highest BCUT2D eigenvalue weighted by atomic mass is 16.6. The lowest BCUT2D eigenvalue weighted by Gasteiger charge is -2.39. The van der Waals surface area contributed by atoms with Crippen molar-refractivity contribution in [3.05, 3.63) is 22.5 Å². The van der Waals surface area contributed by atoms with E-state index in [4.69, 9.17) is 20.3 Å². The van der Waals surface area contributed by atoms with Crippen LogP contribution in [0.2, 0.25) is 0 Å². The molecule has 2 saturated heterocycles. The fourth-order valence-electron chi connectivity index (χ4n) is 4.80. The molecular formula is C18H24N4O6. The van der Waals surface area contributed by atoms with E-state index in [9.17, 15) is 14.4 Å². The molecule has 28 heavy (non-hydrogen) atoms. The van der Waals surface area contributed by atoms with E-state index in [0.29, 0.717) is 30.8 Å². The molecule has 2 fully saturated rings. The van der Waals surface area contributed by atoms with Gasteiger partial charge in [0.15, 0.2) is 5.72 Å². The maximum atomic E-state index is 13.4. The Hall–Kier alpha value is -2.43. The first-order valence-corrected chi connectivity index (χ1v) is 9.28. The van der Waals surface area contributed by atoms with Crippen molar-refractivity contribution in [3.63, 3.8) is 0 Å². The third-order valence-electron chi connectivity index (χ3n) is 6.06. The number of Topliss-reactive ketones (excluding diaryl/α,β-unsaturated/α-hetero) is 2. The van der Waals surface area contributed by atoms with E-state index in [1.165, 1.54) is 7.11 Å². The molecule has 3 aliphatic heterocycles. The Morgan fingerprint density at radius 3 is 2.82 bits per heavy atom. The molecule has 10 heteroatoms. The van der Waals surface area contributed by atoms with Gasteiger partial charge in [-0.1, -0.05) is 0 Å². The number of ether oxygens (including phenoxy) is 2. The zero-order chi connectivity index (χ0) is 20.2. The highest BCUT2D eigenvalue weighted by Crippen LogP contribution is 2.55. The molecule has 4 rings (SSSR count). The van der Waals surface area contributed by atoms with Crippen molar-refractivity contribution in [2.45, 2.75) is 31.2 Å². The van der Waals surface area contributed by atoms with Crippen LogP contribution in [0.15, 0.2) is 22.5 Å². The molecular weight excluding hydrogens is 368 g/mol. The monoisotopic (exact) mass is 392 g/mol. The van der Waals surface area contributed by atoms with E-state index in [-0.39, 0.29) is 48.1 Å². The number of amides is 1. The van der Waals surface area contributed by atoms with Crippen LogP contribution >= 0.6 is 0 Å². The van der Waals surface area contributed by atoms with Crippen molar-refractivity contribution in [2.24, 2.45) is 11.7 Å². The van der Waals surface area contributed by atoms with Crippen molar-refractivity contribution >= 4 is 17.7 Å². The minimum absolute atomic E-state index is 0.0280. The number of nitrogens with zero attached hydrogens (tertiary/aromatic N) is 1. The standard InChI is InChI=1S/C18H24N4O6/c1-8-12(20-4-3-5-23)15(25)11-9(7-28-17(19)26)18(27-2)16-10(21-16)6-22(18)13(11)14(8)24/h9-10,16,20-21,23H,3-7H2,1-2H3,(H2,19,26)/t9-,10+,16+,18-/m1/s1. The highest BCUT2D eigenvalue weighted by molar-refractivity contribution is 6.25. The van der Waals surface area contributed by atoms with Crippen LogP contribution in [-0.2, 0) is 19.1 Å². The van der Waals surface area contributed by atoms with Crippen LogP contribution in [0.1, 0.15) is 13.3 Å². The lowest BCUT2D eigenvalue weighted by atomic mass is 9.82. The second-order valence-corrected chi connectivity index (χ2v) is 7.42. The van der Waals surface area contributed by atoms with Gasteiger partial charge in [0.1, 0.15) is 6.61 Å². The number of piperazine rings is 1. The summed E-state index contributed by atoms with van der Waals surface area (Å²) in [6, 6.07) is 0.0811. The molecule has 0 aromatic heterocycles. The number of nitrogens with two attached hydrogens (primary N) is 1. The van der Waals surface area contributed by atoms with Gasteiger partial charge >= 0.3 is 6.09 Å². The molecule has 152 valence electrons. The highest BCUT2D eigenvalue weighted by Gasteiger charge is 2.72. The van der Waals surface area contributed by atoms with Gasteiger partial charge in [0.05, 0.1) is 23.4 Å². The van der Waals surface area contributed by atoms with Gasteiger partial charge in [-0.15, -0.1) is 0 Å². The molecule has 4 aliphatic rings. The van der Waals surface area contributed by atoms with Gasteiger partial charge < -0.3 is 35.8 Å². The number of fused-ring (bicyclic) bond motifs is 4. The number of hydrogen-bond acceptors (Lipinski definition) is 9. The molecule has 0 aromatic rings. The zero-order valence-corrected chi connectivity index (χ0v) is 15.8. The quantitative estimate of drug-likeness (QED) is 0.227. The summed E-state index contributed by atoms with van der Waals surface area (Å²) in [4.78, 5) is 39.6. The number of primary amides is 1. The summed E-state index contributed by atoms with van der Waals surface area (Å²) in [5.41, 5.74) is 5.34. The normalized spacial score (nSPS) is 33.1. The number of carbonyl (C=O) groups is 3. The van der Waals surface area contributed by atoms with Crippen LogP contribution in [0, 0.1) is 5.92 Å². The van der Waals surface area contributed by atoms with Gasteiger partial charge in [-0.3, -0.25) is 9.59 Å². The summed E-state index contributed by atoms with van der Waals surface area (Å²) in [7, 11) is 1.53. The summed E-state index contributed by atoms with van der Waals surface area (Å²) in [5.74, 6) is -1.21. The second-order valence-electron chi connectivity index (χ2n) is 7.42. The molecule has 0 unspecified atom stereocenters. The Morgan fingerprint density at radius 2 is 2.18 bits per heavy atom. The molecule has 0 saturated carbocycles. The molecule has 0 bridgehead atoms. The molecule has 4 atom stereocenters. The number of allylic oxidation sites excluding steroid dienone is 2. The molecule has 0 radical (unpaired) electrons. The summed E-state index contributed by atoms with van der Waals surface area (Å²) < 4.78 is 11.0. The minimum atomic E-state index is -0.975. The summed E-state index contributed by atoms with van der Waals surface area (Å²) >= 11 is 0. The molecule has 5 N–H and O–H groups in total. The second kappa shape index (κ2) is 6.57. The molecule has 1 aliphatic carbocycles. The van der Waals surface area contributed by atoms with Crippen LogP contribution < -0.4 is 16.4 Å². The average Bonchev–Trinajstić information content (AvgIpc) is 3.27. The third kappa shape index (κ3) is 2.41. The molecule has 0 spiro atoms. The van der Waals surface area contributed by atoms with Crippen LogP contribution in [-0.4, -0.2) is 78.9 Å². The Labute approximate surface area is 161 Å². The van der Waals surface area contributed by atoms with Gasteiger partial charge in [0.25, 0.3) is 0 Å². The van der Waals surface area contributed by atoms with Crippen LogP contribution in [0.4, 0.5) is 4.79 Å². The number of methoxy groups -OCH3 is 1. The third-order valence-corrected chi connectivity index (χ3v) is 6.06. The number of carbonyl (C=O) groups excluding carboxylic acids is 3. The predicted molar refractivity (Wildman–Crippen MR) is 95.6 cm³/mol. The van der Waals surface area contributed by atoms with E-state index >= 15 is 0 Å². The van der Waals surface area contributed by atoms with Gasteiger partial charge in [-0.2, -0.15) is 0 Å². The van der Waals surface area contributed by atoms with Gasteiger partial charge in [0, 0.05) is 44.0 Å². The smallest absolute Gasteiger partial charge is 0.404 e. The van der Waals surface area contributed by atoms with Crippen LogP contribution in [0.3, 0.4) is 0 Å². The average molecular weight is 392 g/mol. The number of aliphatic hydroxyl groups is 1. The van der Waals surface area contributed by atoms with Crippen LogP contribution in [0.5, 0.6) is 0 Å². The van der Waals surface area contributed by atoms with Crippen molar-refractivity contribution < 1.29 is 29.0 Å². The number of hydrogen-bond donors (Lipinski definition) is 4. The number of aliphatic hydroxyl groups excluding tert-OH is 1. The van der Waals surface area contributed by atoms with Crippen molar-refractivity contribution in [1.29, 1.82) is 0 Å². The number of nitrogens with one attached hydrogen (secondary N) is 2. The van der Waals surface area contributed by atoms with E-state index in [1.54, 1.807) is 6.92 Å². The van der Waals surface area contributed by atoms with Gasteiger partial charge in [-0.05, 0) is 13.3 Å². The first kappa shape index (κ1) is 18.9. The van der Waals surface area contributed by atoms with E-state index in [0.717, 1.165) is 0 Å². The van der Waals surface area contributed by atoms with E-state index in [2.05, 4.69) is 10.6 Å². The first-order chi connectivity index (χ1) is 13.4. The molecule has 1 amide bonds. The number of ketones is 2. The SMILES string of the molecule is CO[C@@]12[C@H](COC(N)=O)C3=C(C(=O)C(C)=C(NCCCO)C3=O)N1C[C@@H]1N[C@@H]12. The van der Waals surface area contributed by atoms with Crippen molar-refractivity contribution in [2.75, 3.05) is 33.4 Å². The Bertz CT molecular complexity index is 821. The van der Waals surface area contributed by atoms with Gasteiger partial charge in [0.2, 0.25) is 11.6 Å². The fourth-order valence-corrected chi connectivity index (χ4v) is 4.80. The van der Waals surface area contributed by atoms with Crippen molar-refractivity contribution in [3.8, 4) is 0 Å². The lowest BCUT2D eigenvalue weighted by molar-refractivity contribution is -0.137. The molecule has 10 nitrogen and oxygen atoms in total. The maximum absolute atomic E-state index is 13.4. The molecule has 0 aromatic carbocycles. The van der Waals surface area contributed by atoms with Crippen LogP contribution in [0.25, 0.3) is 0 Å². The maximum Gasteiger partial charge on any atom is 0.404 e. The largest absolute Gasteiger partial charge is 0.449 e. The summed E-state index contributed by atoms with van der Waals surface area (Å²) in [6.45, 7) is 2.32. The minimum Gasteiger partial charge on any atom is -0.449 e. The summed E-state index contributed by atoms with van der Waals surface area (Å²) in [6.07, 6.45) is -0.507. The Morgan fingerprint density at radius 1 is 1.43 bits per heavy atom. The van der Waals surface area contributed by atoms with E-state index in [1.807, 2.05) is 4.90 Å². The van der Waals surface area contributed by atoms with E-state index < -0.39 is 17.7 Å². The number of rotatable bonds is 7. The topological polar surface area (TPSA) is 153 Å². The lowest BCUT2D eigenvalue weighted by Crippen LogP contribution is -2.55. The summed E-state index contributed by atoms with van der Waals surface area (Å²) in [5, 5.41) is 15.3. The Kier molecular flexibility index (Phi) is 4.44. The van der Waals surface area contributed by atoms with Crippen molar-refractivity contribution in [1.82, 2.24) is 15.5 Å². The van der Waals surface area contributed by atoms with Gasteiger partial charge in [-0.25, -0.2) is 4.79 Å². The molecule has 3 heterocycles. The first-order valence-electron chi connectivity index (χ1n) is 9.28. The zero-order valence-electron chi connectivity index (χ0n) is 15.8. The fraction of sp³-hybridized carbons (Fsp3) is 0.611. The Balaban J connectivity index is 1.74.